The third kappa shape index (κ3) is 4.13. The van der Waals surface area contributed by atoms with Crippen LogP contribution in [0, 0.1) is 11.3 Å². The lowest BCUT2D eigenvalue weighted by molar-refractivity contribution is -0.132. The van der Waals surface area contributed by atoms with Crippen LogP contribution in [0.2, 0.25) is 0 Å². The molecule has 0 radical (unpaired) electrons. The zero-order chi connectivity index (χ0) is 14.4. The number of rotatable bonds is 4. The van der Waals surface area contributed by atoms with E-state index in [0.29, 0.717) is 11.3 Å². The van der Waals surface area contributed by atoms with Crippen LogP contribution in [0.3, 0.4) is 0 Å². The number of aliphatic carboxylic acids is 1. The molecule has 0 unspecified atom stereocenters. The van der Waals surface area contributed by atoms with Crippen molar-refractivity contribution in [1.29, 1.82) is 5.26 Å². The van der Waals surface area contributed by atoms with Crippen LogP contribution in [0.1, 0.15) is 12.5 Å². The van der Waals surface area contributed by atoms with Crippen LogP contribution >= 0.6 is 0 Å². The molecule has 96 valence electrons. The van der Waals surface area contributed by atoms with Crippen LogP contribution in [0.5, 0.6) is 5.75 Å². The van der Waals surface area contributed by atoms with E-state index in [9.17, 15) is 9.59 Å². The second-order valence-corrected chi connectivity index (χ2v) is 3.71. The lowest BCUT2D eigenvalue weighted by atomic mass is 10.1. The second kappa shape index (κ2) is 6.17. The van der Waals surface area contributed by atoms with Crippen LogP contribution in [-0.2, 0) is 9.59 Å². The van der Waals surface area contributed by atoms with Crippen LogP contribution in [-0.4, -0.2) is 17.0 Å². The highest BCUT2D eigenvalue weighted by atomic mass is 16.5. The first-order chi connectivity index (χ1) is 8.93. The molecule has 0 atom stereocenters. The Labute approximate surface area is 110 Å². The number of carbonyl (C=O) groups is 2. The van der Waals surface area contributed by atoms with Crippen molar-refractivity contribution in [1.82, 2.24) is 0 Å². The van der Waals surface area contributed by atoms with Gasteiger partial charge >= 0.3 is 11.9 Å². The zero-order valence-electron chi connectivity index (χ0n) is 10.2. The third-order valence-corrected chi connectivity index (χ3v) is 2.10. The Kier molecular flexibility index (Phi) is 4.61. The molecule has 0 fully saturated rings. The van der Waals surface area contributed by atoms with Gasteiger partial charge in [-0.3, -0.25) is 0 Å². The van der Waals surface area contributed by atoms with Gasteiger partial charge in [0.15, 0.2) is 0 Å². The molecule has 1 N–H and O–H groups in total. The van der Waals surface area contributed by atoms with Crippen molar-refractivity contribution in [2.24, 2.45) is 0 Å². The van der Waals surface area contributed by atoms with Crippen molar-refractivity contribution in [2.75, 3.05) is 0 Å². The smallest absolute Gasteiger partial charge is 0.346 e. The molecule has 0 heterocycles. The van der Waals surface area contributed by atoms with E-state index in [1.807, 2.05) is 0 Å². The quantitative estimate of drug-likeness (QED) is 0.386. The highest BCUT2D eigenvalue weighted by Gasteiger charge is 2.07. The lowest BCUT2D eigenvalue weighted by Crippen LogP contribution is -2.07. The molecule has 1 rings (SSSR count). The fraction of sp³-hybridized carbons (Fsp3) is 0.0714. The standard InChI is InChI=1S/C14H11NO4/c1-9(2)14(18)19-12-5-3-10(4-6-12)7-11(8-15)13(16)17/h3-7H,1H2,2H3,(H,16,17)/b11-7-. The number of nitrogens with zero attached hydrogens (tertiary/aromatic N) is 1. The van der Waals surface area contributed by atoms with Gasteiger partial charge in [-0.2, -0.15) is 5.26 Å². The van der Waals surface area contributed by atoms with E-state index in [-0.39, 0.29) is 11.1 Å². The Morgan fingerprint density at radius 3 is 2.37 bits per heavy atom. The van der Waals surface area contributed by atoms with E-state index in [2.05, 4.69) is 6.58 Å². The van der Waals surface area contributed by atoms with Gasteiger partial charge in [-0.1, -0.05) is 18.7 Å². The Hall–Kier alpha value is -2.87. The number of nitriles is 1. The van der Waals surface area contributed by atoms with E-state index < -0.39 is 11.9 Å². The normalized spacial score (nSPS) is 10.4. The van der Waals surface area contributed by atoms with E-state index in [1.165, 1.54) is 25.1 Å². The summed E-state index contributed by atoms with van der Waals surface area (Å²) in [7, 11) is 0. The molecule has 5 heteroatoms. The van der Waals surface area contributed by atoms with Crippen molar-refractivity contribution >= 4 is 18.0 Å². The summed E-state index contributed by atoms with van der Waals surface area (Å²) in [6.45, 7) is 4.99. The molecular formula is C14H11NO4. The number of esters is 1. The molecular weight excluding hydrogens is 246 g/mol. The van der Waals surface area contributed by atoms with Gasteiger partial charge in [0.2, 0.25) is 0 Å². The molecule has 0 spiro atoms. The molecule has 0 aromatic heterocycles. The minimum atomic E-state index is -1.29. The zero-order valence-corrected chi connectivity index (χ0v) is 10.2. The van der Waals surface area contributed by atoms with Gasteiger partial charge in [-0.25, -0.2) is 9.59 Å². The van der Waals surface area contributed by atoms with Crippen LogP contribution in [0.15, 0.2) is 42.0 Å². The van der Waals surface area contributed by atoms with E-state index >= 15 is 0 Å². The summed E-state index contributed by atoms with van der Waals surface area (Å²) in [6.07, 6.45) is 1.23. The maximum Gasteiger partial charge on any atom is 0.346 e. The van der Waals surface area contributed by atoms with Crippen molar-refractivity contribution in [3.05, 3.63) is 47.6 Å². The Bertz CT molecular complexity index is 591. The first-order valence-corrected chi connectivity index (χ1v) is 5.27. The van der Waals surface area contributed by atoms with E-state index in [1.54, 1.807) is 18.2 Å². The summed E-state index contributed by atoms with van der Waals surface area (Å²) in [4.78, 5) is 21.9. The minimum absolute atomic E-state index is 0.279. The third-order valence-electron chi connectivity index (χ3n) is 2.10. The van der Waals surface area contributed by atoms with Gasteiger partial charge in [0.25, 0.3) is 0 Å². The molecule has 1 aromatic rings. The van der Waals surface area contributed by atoms with Crippen molar-refractivity contribution < 1.29 is 19.4 Å². The number of hydrogen-bond acceptors (Lipinski definition) is 4. The summed E-state index contributed by atoms with van der Waals surface area (Å²) >= 11 is 0. The molecule has 1 aromatic carbocycles. The molecule has 0 aliphatic heterocycles. The molecule has 5 nitrogen and oxygen atoms in total. The van der Waals surface area contributed by atoms with E-state index in [0.717, 1.165) is 0 Å². The average molecular weight is 257 g/mol. The minimum Gasteiger partial charge on any atom is -0.477 e. The summed E-state index contributed by atoms with van der Waals surface area (Å²) in [5, 5.41) is 17.3. The summed E-state index contributed by atoms with van der Waals surface area (Å²) < 4.78 is 4.97. The largest absolute Gasteiger partial charge is 0.477 e. The van der Waals surface area contributed by atoms with E-state index in [4.69, 9.17) is 15.1 Å². The summed E-state index contributed by atoms with van der Waals surface area (Å²) in [5.41, 5.74) is 0.433. The SMILES string of the molecule is C=C(C)C(=O)Oc1ccc(/C=C(/C#N)C(=O)O)cc1. The highest BCUT2D eigenvalue weighted by molar-refractivity contribution is 5.96. The average Bonchev–Trinajstić information content (AvgIpc) is 2.37. The Morgan fingerprint density at radius 2 is 1.95 bits per heavy atom. The Balaban J connectivity index is 2.89. The topological polar surface area (TPSA) is 87.4 Å². The summed E-state index contributed by atoms with van der Waals surface area (Å²) in [5.74, 6) is -1.51. The number of ether oxygens (including phenoxy) is 1. The number of hydrogen-bond donors (Lipinski definition) is 1. The van der Waals surface area contributed by atoms with Gasteiger partial charge in [-0.05, 0) is 30.7 Å². The molecule has 0 bridgehead atoms. The molecule has 0 aliphatic rings. The number of benzene rings is 1. The van der Waals surface area contributed by atoms with Crippen LogP contribution in [0.25, 0.3) is 6.08 Å². The van der Waals surface area contributed by atoms with Gasteiger partial charge < -0.3 is 9.84 Å². The van der Waals surface area contributed by atoms with Crippen LogP contribution < -0.4 is 4.74 Å². The second-order valence-electron chi connectivity index (χ2n) is 3.71. The predicted octanol–water partition coefficient (Wildman–Crippen LogP) is 2.16. The van der Waals surface area contributed by atoms with Crippen LogP contribution in [0.4, 0.5) is 0 Å². The molecule has 0 aliphatic carbocycles. The van der Waals surface area contributed by atoms with Gasteiger partial charge in [0.05, 0.1) is 0 Å². The summed E-state index contributed by atoms with van der Waals surface area (Å²) in [6, 6.07) is 7.67. The molecule has 0 saturated carbocycles. The number of carboxylic acid groups (broad SMARTS) is 1. The van der Waals surface area contributed by atoms with Crippen molar-refractivity contribution in [3.63, 3.8) is 0 Å². The van der Waals surface area contributed by atoms with Gasteiger partial charge in [-0.15, -0.1) is 0 Å². The molecule has 0 amide bonds. The predicted molar refractivity (Wildman–Crippen MR) is 68.1 cm³/mol. The fourth-order valence-corrected chi connectivity index (χ4v) is 1.13. The monoisotopic (exact) mass is 257 g/mol. The maximum absolute atomic E-state index is 11.3. The van der Waals surface area contributed by atoms with Gasteiger partial charge in [0.1, 0.15) is 17.4 Å². The first kappa shape index (κ1) is 14.2. The number of carboxylic acids is 1. The number of carbonyl (C=O) groups excluding carboxylic acids is 1. The molecule has 19 heavy (non-hydrogen) atoms. The first-order valence-electron chi connectivity index (χ1n) is 5.27. The molecule has 0 saturated heterocycles. The lowest BCUT2D eigenvalue weighted by Gasteiger charge is -2.03. The fourth-order valence-electron chi connectivity index (χ4n) is 1.13. The maximum atomic E-state index is 11.3. The van der Waals surface area contributed by atoms with Crippen molar-refractivity contribution in [3.8, 4) is 11.8 Å². The Morgan fingerprint density at radius 1 is 1.37 bits per heavy atom. The highest BCUT2D eigenvalue weighted by Crippen LogP contribution is 2.15. The van der Waals surface area contributed by atoms with Gasteiger partial charge in [0, 0.05) is 5.57 Å². The van der Waals surface area contributed by atoms with Crippen molar-refractivity contribution in [2.45, 2.75) is 6.92 Å².